The molecule has 0 fully saturated rings. The normalized spacial score (nSPS) is 13.4. The highest BCUT2D eigenvalue weighted by Gasteiger charge is 2.31. The first kappa shape index (κ1) is 30.4. The molecule has 4 N–H and O–H groups in total. The molecule has 0 aliphatic carbocycles. The van der Waals surface area contributed by atoms with Crippen molar-refractivity contribution in [2.24, 2.45) is 11.7 Å². The van der Waals surface area contributed by atoms with E-state index in [1.54, 1.807) is 13.8 Å². The highest BCUT2D eigenvalue weighted by Crippen LogP contribution is 2.18. The summed E-state index contributed by atoms with van der Waals surface area (Å²) in [5.74, 6) is -0.208. The Bertz CT molecular complexity index is 388. The van der Waals surface area contributed by atoms with Gasteiger partial charge in [0.05, 0.1) is 45.2 Å². The van der Waals surface area contributed by atoms with Gasteiger partial charge in [-0.25, -0.2) is 4.39 Å². The van der Waals surface area contributed by atoms with E-state index in [0.29, 0.717) is 46.1 Å². The van der Waals surface area contributed by atoms with Gasteiger partial charge in [0, 0.05) is 29.8 Å². The van der Waals surface area contributed by atoms with Crippen molar-refractivity contribution in [3.8, 4) is 0 Å². The number of carbonyl (C=O) groups is 1. The van der Waals surface area contributed by atoms with Gasteiger partial charge in [-0.3, -0.25) is 4.79 Å². The lowest BCUT2D eigenvalue weighted by atomic mass is 10.0. The van der Waals surface area contributed by atoms with Crippen molar-refractivity contribution in [1.82, 2.24) is 10.6 Å². The molecule has 0 rings (SSSR count). The van der Waals surface area contributed by atoms with Gasteiger partial charge in [-0.15, -0.1) is 0 Å². The van der Waals surface area contributed by atoms with Gasteiger partial charge in [-0.1, -0.05) is 34.1 Å². The van der Waals surface area contributed by atoms with Crippen molar-refractivity contribution >= 4 is 5.91 Å². The number of nitrogens with one attached hydrogen (secondary N) is 2. The van der Waals surface area contributed by atoms with E-state index in [0.717, 1.165) is 19.4 Å². The molecule has 0 aromatic heterocycles. The minimum absolute atomic E-state index is 0. The summed E-state index contributed by atoms with van der Waals surface area (Å²) in [4.78, 5) is 11.9. The van der Waals surface area contributed by atoms with E-state index < -0.39 is 11.8 Å². The van der Waals surface area contributed by atoms with Crippen molar-refractivity contribution in [2.45, 2.75) is 66.2 Å². The predicted molar refractivity (Wildman–Crippen MR) is 123 cm³/mol. The lowest BCUT2D eigenvalue weighted by Gasteiger charge is -2.29. The van der Waals surface area contributed by atoms with Crippen molar-refractivity contribution in [2.75, 3.05) is 59.2 Å². The quantitative estimate of drug-likeness (QED) is 0.290. The van der Waals surface area contributed by atoms with E-state index in [4.69, 9.17) is 19.9 Å². The van der Waals surface area contributed by atoms with Crippen LogP contribution in [0.2, 0.25) is 0 Å². The monoisotopic (exact) mass is 429 g/mol. The molecule has 7 nitrogen and oxygen atoms in total. The maximum Gasteiger partial charge on any atom is 0.222 e. The third-order valence-electron chi connectivity index (χ3n) is 4.19. The molecule has 0 aliphatic heterocycles. The molecule has 2 unspecified atom stereocenters. The summed E-state index contributed by atoms with van der Waals surface area (Å²) in [6.07, 6.45) is 0.445. The second-order valence-corrected chi connectivity index (χ2v) is 7.12. The second kappa shape index (κ2) is 20.5. The Labute approximate surface area is 182 Å². The Morgan fingerprint density at radius 3 is 2.24 bits per heavy atom. The largest absolute Gasteiger partial charge is 0.379 e. The molecule has 2 atom stereocenters. The molecule has 0 spiro atoms. The third kappa shape index (κ3) is 17.7. The molecular formula is C21H52FN3O4. The fourth-order valence-electron chi connectivity index (χ4n) is 2.33. The van der Waals surface area contributed by atoms with Crippen LogP contribution in [-0.4, -0.2) is 76.9 Å². The highest BCUT2D eigenvalue weighted by molar-refractivity contribution is 5.78. The van der Waals surface area contributed by atoms with Crippen LogP contribution in [0.3, 0.4) is 0 Å². The Balaban J connectivity index is -0.000000471. The molecule has 182 valence electrons. The van der Waals surface area contributed by atoms with Gasteiger partial charge >= 0.3 is 0 Å². The highest BCUT2D eigenvalue weighted by atomic mass is 19.1. The number of ether oxygens (including phenoxy) is 3. The Morgan fingerprint density at radius 1 is 1.10 bits per heavy atom. The number of amides is 1. The van der Waals surface area contributed by atoms with Crippen molar-refractivity contribution in [3.05, 3.63) is 0 Å². The van der Waals surface area contributed by atoms with E-state index in [9.17, 15) is 9.18 Å². The SMILES string of the molecule is CC.CCCC(C)C(=O)NCC(F)C(C)(C)OCCOCCNCCOCCN.[HH].[HH].[HH]. The number of alkyl halides is 1. The van der Waals surface area contributed by atoms with Crippen LogP contribution >= 0.6 is 0 Å². The zero-order valence-electron chi connectivity index (χ0n) is 19.5. The zero-order chi connectivity index (χ0) is 22.5. The van der Waals surface area contributed by atoms with E-state index in [1.807, 2.05) is 27.7 Å². The summed E-state index contributed by atoms with van der Waals surface area (Å²) in [5, 5.41) is 5.85. The summed E-state index contributed by atoms with van der Waals surface area (Å²) in [6, 6.07) is 0. The van der Waals surface area contributed by atoms with Crippen LogP contribution in [0.1, 0.15) is 58.7 Å². The van der Waals surface area contributed by atoms with E-state index in [1.165, 1.54) is 0 Å². The van der Waals surface area contributed by atoms with Gasteiger partial charge in [0.1, 0.15) is 6.17 Å². The van der Waals surface area contributed by atoms with Crippen LogP contribution in [-0.2, 0) is 19.0 Å². The number of hydrogen-bond acceptors (Lipinski definition) is 6. The van der Waals surface area contributed by atoms with Crippen LogP contribution in [0, 0.1) is 5.92 Å². The van der Waals surface area contributed by atoms with Crippen molar-refractivity contribution < 1.29 is 27.7 Å². The standard InChI is InChI=1S/C19H40FN3O4.C2H6.3H2/c1-5-6-16(2)18(24)23-15-17(20)19(3,4)27-14-13-26-12-9-22-8-11-25-10-7-21;1-2;;;/h16-17,22H,5-15,21H2,1-4H3,(H,23,24);1-2H3;3*1H. The molecule has 1 amide bonds. The zero-order valence-corrected chi connectivity index (χ0v) is 19.5. The minimum atomic E-state index is -1.29. The number of nitrogens with two attached hydrogens (primary N) is 1. The van der Waals surface area contributed by atoms with Crippen LogP contribution in [0.4, 0.5) is 4.39 Å². The Morgan fingerprint density at radius 2 is 1.69 bits per heavy atom. The van der Waals surface area contributed by atoms with Crippen LogP contribution in [0.25, 0.3) is 0 Å². The maximum atomic E-state index is 14.4. The summed E-state index contributed by atoms with van der Waals surface area (Å²) in [6.45, 7) is 15.6. The smallest absolute Gasteiger partial charge is 0.222 e. The summed E-state index contributed by atoms with van der Waals surface area (Å²) < 4.78 is 30.7. The molecule has 0 bridgehead atoms. The van der Waals surface area contributed by atoms with Gasteiger partial charge in [0.2, 0.25) is 5.91 Å². The number of rotatable bonds is 18. The van der Waals surface area contributed by atoms with Crippen molar-refractivity contribution in [1.29, 1.82) is 0 Å². The van der Waals surface area contributed by atoms with Gasteiger partial charge in [0.15, 0.2) is 0 Å². The molecule has 0 heterocycles. The third-order valence-corrected chi connectivity index (χ3v) is 4.19. The first-order valence-corrected chi connectivity index (χ1v) is 11.0. The summed E-state index contributed by atoms with van der Waals surface area (Å²) in [5.41, 5.74) is 4.34. The Kier molecular flexibility index (Phi) is 21.5. The first-order valence-electron chi connectivity index (χ1n) is 11.0. The van der Waals surface area contributed by atoms with E-state index in [-0.39, 0.29) is 22.6 Å². The molecule has 0 saturated heterocycles. The molecule has 8 heteroatoms. The lowest BCUT2D eigenvalue weighted by Crippen LogP contribution is -2.45. The Hall–Kier alpha value is -0.800. The van der Waals surface area contributed by atoms with Gasteiger partial charge in [-0.05, 0) is 20.3 Å². The molecular weight excluding hydrogens is 377 g/mol. The summed E-state index contributed by atoms with van der Waals surface area (Å²) in [7, 11) is 0. The second-order valence-electron chi connectivity index (χ2n) is 7.12. The van der Waals surface area contributed by atoms with Crippen LogP contribution in [0.5, 0.6) is 0 Å². The average Bonchev–Trinajstić information content (AvgIpc) is 2.71. The predicted octanol–water partition coefficient (Wildman–Crippen LogP) is 3.02. The maximum absolute atomic E-state index is 14.4. The molecule has 0 saturated carbocycles. The molecule has 0 aliphatic rings. The molecule has 0 aromatic carbocycles. The van der Waals surface area contributed by atoms with Crippen molar-refractivity contribution in [3.63, 3.8) is 0 Å². The minimum Gasteiger partial charge on any atom is -0.379 e. The topological polar surface area (TPSA) is 94.8 Å². The van der Waals surface area contributed by atoms with E-state index >= 15 is 0 Å². The number of hydrogen-bond donors (Lipinski definition) is 3. The molecule has 29 heavy (non-hydrogen) atoms. The average molecular weight is 430 g/mol. The van der Waals surface area contributed by atoms with Gasteiger partial charge in [-0.2, -0.15) is 0 Å². The van der Waals surface area contributed by atoms with Crippen LogP contribution < -0.4 is 16.4 Å². The number of carbonyl (C=O) groups excluding carboxylic acids is 1. The number of halogens is 1. The fourth-order valence-corrected chi connectivity index (χ4v) is 2.33. The fraction of sp³-hybridized carbons (Fsp3) is 0.952. The van der Waals surface area contributed by atoms with Gasteiger partial charge < -0.3 is 30.6 Å². The molecule has 0 radical (unpaired) electrons. The van der Waals surface area contributed by atoms with E-state index in [2.05, 4.69) is 10.6 Å². The van der Waals surface area contributed by atoms with Gasteiger partial charge in [0.25, 0.3) is 0 Å². The lowest BCUT2D eigenvalue weighted by molar-refractivity contribution is -0.126. The molecule has 0 aromatic rings. The van der Waals surface area contributed by atoms with Crippen LogP contribution in [0.15, 0.2) is 0 Å². The first-order chi connectivity index (χ1) is 13.8. The summed E-state index contributed by atoms with van der Waals surface area (Å²) >= 11 is 0.